The van der Waals surface area contributed by atoms with Gasteiger partial charge >= 0.3 is 0 Å². The summed E-state index contributed by atoms with van der Waals surface area (Å²) in [6.45, 7) is 4.58. The number of benzene rings is 4. The molecule has 4 aromatic carbocycles. The topological polar surface area (TPSA) is 65.7 Å². The number of hydrogen-bond acceptors (Lipinski definition) is 3. The summed E-state index contributed by atoms with van der Waals surface area (Å²) in [6, 6.07) is 32.9. The number of nitriles is 2. The van der Waals surface area contributed by atoms with Crippen LogP contribution in [0.2, 0.25) is 0 Å². The summed E-state index contributed by atoms with van der Waals surface area (Å²) in [7, 11) is 0. The van der Waals surface area contributed by atoms with Crippen LogP contribution in [0.1, 0.15) is 54.1 Å². The van der Waals surface area contributed by atoms with E-state index in [-0.39, 0.29) is 17.3 Å². The monoisotopic (exact) mass is 579 g/mol. The molecule has 45 heavy (non-hydrogen) atoms. The molecule has 0 fully saturated rings. The summed E-state index contributed by atoms with van der Waals surface area (Å²) in [6.07, 6.45) is 9.71. The SMILES string of the molecule is CC1(C)c2ccccc2-c2c1ccc1c2oc2c(C3C(n4c5c(c6ccccc64)C=C(C#N)CC5)=CC=CC3C#N)cccc21. The molecule has 0 bridgehead atoms. The van der Waals surface area contributed by atoms with Crippen molar-refractivity contribution in [2.24, 2.45) is 5.92 Å². The molecule has 6 aromatic rings. The zero-order valence-corrected chi connectivity index (χ0v) is 25.1. The highest BCUT2D eigenvalue weighted by Crippen LogP contribution is 2.53. The van der Waals surface area contributed by atoms with Crippen molar-refractivity contribution in [2.45, 2.75) is 38.0 Å². The molecule has 4 nitrogen and oxygen atoms in total. The van der Waals surface area contributed by atoms with E-state index >= 15 is 0 Å². The van der Waals surface area contributed by atoms with Gasteiger partial charge in [-0.05, 0) is 47.8 Å². The first-order valence-electron chi connectivity index (χ1n) is 15.6. The van der Waals surface area contributed by atoms with Crippen LogP contribution in [0, 0.1) is 28.6 Å². The molecule has 0 amide bonds. The molecule has 3 aliphatic rings. The molecular formula is C41H29N3O. The van der Waals surface area contributed by atoms with Crippen LogP contribution in [0.15, 0.2) is 107 Å². The predicted octanol–water partition coefficient (Wildman–Crippen LogP) is 10.0. The average Bonchev–Trinajstić information content (AvgIpc) is 3.70. The molecule has 0 aliphatic heterocycles. The van der Waals surface area contributed by atoms with Crippen molar-refractivity contribution in [1.29, 1.82) is 10.5 Å². The number of hydrogen-bond donors (Lipinski definition) is 0. The van der Waals surface area contributed by atoms with Crippen LogP contribution in [0.3, 0.4) is 0 Å². The normalized spacial score (nSPS) is 19.5. The fraction of sp³-hybridized carbons (Fsp3) is 0.171. The minimum absolute atomic E-state index is 0.119. The van der Waals surface area contributed by atoms with E-state index in [0.29, 0.717) is 6.42 Å². The molecule has 0 radical (unpaired) electrons. The zero-order valence-electron chi connectivity index (χ0n) is 25.1. The summed E-state index contributed by atoms with van der Waals surface area (Å²) in [5.41, 5.74) is 12.9. The first-order chi connectivity index (χ1) is 22.0. The Morgan fingerprint density at radius 1 is 0.822 bits per heavy atom. The zero-order chi connectivity index (χ0) is 30.4. The van der Waals surface area contributed by atoms with Crippen LogP contribution in [-0.2, 0) is 11.8 Å². The summed E-state index contributed by atoms with van der Waals surface area (Å²) in [5, 5.41) is 23.6. The van der Waals surface area contributed by atoms with E-state index in [1.54, 1.807) is 0 Å². The predicted molar refractivity (Wildman–Crippen MR) is 180 cm³/mol. The Bertz CT molecular complexity index is 2450. The Labute approximate surface area is 261 Å². The molecular weight excluding hydrogens is 550 g/mol. The minimum atomic E-state index is -0.375. The highest BCUT2D eigenvalue weighted by molar-refractivity contribution is 6.12. The fourth-order valence-corrected chi connectivity index (χ4v) is 8.27. The number of nitrogens with zero attached hydrogens (tertiary/aromatic N) is 3. The minimum Gasteiger partial charge on any atom is -0.455 e. The molecule has 2 unspecified atom stereocenters. The van der Waals surface area contributed by atoms with Gasteiger partial charge in [0.1, 0.15) is 11.2 Å². The van der Waals surface area contributed by atoms with Gasteiger partial charge in [-0.25, -0.2) is 0 Å². The molecule has 0 spiro atoms. The summed E-state index contributed by atoms with van der Waals surface area (Å²) in [5.74, 6) is -0.623. The van der Waals surface area contributed by atoms with Crippen molar-refractivity contribution in [2.75, 3.05) is 0 Å². The smallest absolute Gasteiger partial charge is 0.143 e. The molecule has 0 saturated carbocycles. The van der Waals surface area contributed by atoms with Gasteiger partial charge in [-0.1, -0.05) is 98.8 Å². The molecule has 0 saturated heterocycles. The third kappa shape index (κ3) is 3.40. The quantitative estimate of drug-likeness (QED) is 0.205. The second-order valence-corrected chi connectivity index (χ2v) is 13.0. The van der Waals surface area contributed by atoms with E-state index < -0.39 is 0 Å². The summed E-state index contributed by atoms with van der Waals surface area (Å²) < 4.78 is 9.35. The van der Waals surface area contributed by atoms with Gasteiger partial charge in [-0.3, -0.25) is 0 Å². The van der Waals surface area contributed by atoms with Crippen molar-refractivity contribution in [1.82, 2.24) is 4.57 Å². The molecule has 9 rings (SSSR count). The molecule has 2 heterocycles. The Hall–Kier alpha value is -5.58. The van der Waals surface area contributed by atoms with Gasteiger partial charge < -0.3 is 8.98 Å². The van der Waals surface area contributed by atoms with Crippen molar-refractivity contribution in [3.63, 3.8) is 0 Å². The van der Waals surface area contributed by atoms with Crippen LogP contribution in [0.25, 0.3) is 55.7 Å². The lowest BCUT2D eigenvalue weighted by molar-refractivity contribution is 0.636. The van der Waals surface area contributed by atoms with Crippen LogP contribution in [0.4, 0.5) is 0 Å². The van der Waals surface area contributed by atoms with Gasteiger partial charge in [0.05, 0.1) is 23.6 Å². The Morgan fingerprint density at radius 3 is 2.49 bits per heavy atom. The maximum Gasteiger partial charge on any atom is 0.143 e. The first kappa shape index (κ1) is 25.9. The van der Waals surface area contributed by atoms with Gasteiger partial charge in [0.2, 0.25) is 0 Å². The lowest BCUT2D eigenvalue weighted by Crippen LogP contribution is -2.19. The average molecular weight is 580 g/mol. The maximum atomic E-state index is 10.5. The summed E-state index contributed by atoms with van der Waals surface area (Å²) >= 11 is 0. The van der Waals surface area contributed by atoms with E-state index in [4.69, 9.17) is 4.42 Å². The molecule has 0 N–H and O–H groups in total. The lowest BCUT2D eigenvalue weighted by Gasteiger charge is -2.29. The standard InChI is InChI=1S/C41H29N3O/c1-41(2)32-14-5-3-11-29(32)38-33(41)19-18-28-27-12-8-13-30(39(27)45-40(28)38)37-25(23-43)9-7-16-36(37)44-34-15-6-4-10-26(34)31-21-24(22-42)17-20-35(31)44/h3-16,18-19,21,25,37H,17,20H2,1-2H3. The first-order valence-corrected chi connectivity index (χ1v) is 15.6. The lowest BCUT2D eigenvalue weighted by atomic mass is 9.80. The van der Waals surface area contributed by atoms with Gasteiger partial charge in [-0.2, -0.15) is 10.5 Å². The number of allylic oxidation sites excluding steroid dienone is 5. The van der Waals surface area contributed by atoms with Crippen LogP contribution in [0.5, 0.6) is 0 Å². The van der Waals surface area contributed by atoms with Crippen LogP contribution in [-0.4, -0.2) is 4.57 Å². The largest absolute Gasteiger partial charge is 0.455 e. The molecule has 2 atom stereocenters. The van der Waals surface area contributed by atoms with Crippen molar-refractivity contribution in [3.8, 4) is 23.3 Å². The van der Waals surface area contributed by atoms with E-state index in [1.807, 2.05) is 18.2 Å². The fourth-order valence-electron chi connectivity index (χ4n) is 8.27. The molecule has 4 heteroatoms. The van der Waals surface area contributed by atoms with E-state index in [2.05, 4.69) is 115 Å². The van der Waals surface area contributed by atoms with Crippen LogP contribution < -0.4 is 0 Å². The highest BCUT2D eigenvalue weighted by atomic mass is 16.3. The second-order valence-electron chi connectivity index (χ2n) is 13.0. The highest BCUT2D eigenvalue weighted by Gasteiger charge is 2.38. The molecule has 2 aromatic heterocycles. The Morgan fingerprint density at radius 2 is 1.62 bits per heavy atom. The molecule has 214 valence electrons. The van der Waals surface area contributed by atoms with Crippen molar-refractivity contribution in [3.05, 3.63) is 131 Å². The van der Waals surface area contributed by atoms with Crippen molar-refractivity contribution < 1.29 is 4.42 Å². The third-order valence-corrected chi connectivity index (χ3v) is 10.4. The number of rotatable bonds is 2. The summed E-state index contributed by atoms with van der Waals surface area (Å²) in [4.78, 5) is 0. The number of furan rings is 1. The molecule has 3 aliphatic carbocycles. The van der Waals surface area contributed by atoms with Gasteiger partial charge in [0.25, 0.3) is 0 Å². The second kappa shape index (κ2) is 9.21. The van der Waals surface area contributed by atoms with E-state index in [9.17, 15) is 10.5 Å². The van der Waals surface area contributed by atoms with Gasteiger partial charge in [0.15, 0.2) is 0 Å². The Balaban J connectivity index is 1.31. The number of para-hydroxylation sites is 2. The van der Waals surface area contributed by atoms with E-state index in [1.165, 1.54) is 27.9 Å². The maximum absolute atomic E-state index is 10.5. The third-order valence-electron chi connectivity index (χ3n) is 10.4. The van der Waals surface area contributed by atoms with Gasteiger partial charge in [-0.15, -0.1) is 0 Å². The number of fused-ring (bicyclic) bond motifs is 10. The Kier molecular flexibility index (Phi) is 5.30. The van der Waals surface area contributed by atoms with Gasteiger partial charge in [0, 0.05) is 61.1 Å². The van der Waals surface area contributed by atoms with Crippen molar-refractivity contribution >= 4 is 44.6 Å². The van der Waals surface area contributed by atoms with E-state index in [0.717, 1.165) is 61.7 Å². The number of aromatic nitrogens is 1. The van der Waals surface area contributed by atoms with Crippen LogP contribution >= 0.6 is 0 Å².